The fourth-order valence-electron chi connectivity index (χ4n) is 5.48. The van der Waals surface area contributed by atoms with Gasteiger partial charge in [-0.15, -0.1) is 0 Å². The Kier molecular flexibility index (Phi) is 6.28. The normalized spacial score (nSPS) is 29.5. The molecule has 3 aliphatic rings. The molecule has 3 fully saturated rings. The van der Waals surface area contributed by atoms with Crippen LogP contribution in [-0.4, -0.2) is 72.4 Å². The average molecular weight is 401 g/mol. The Bertz CT molecular complexity index is 706. The number of likely N-dealkylation sites (tertiary alicyclic amines) is 1. The van der Waals surface area contributed by atoms with Crippen LogP contribution >= 0.6 is 0 Å². The predicted octanol–water partition coefficient (Wildman–Crippen LogP) is 3.24. The van der Waals surface area contributed by atoms with Gasteiger partial charge in [0.25, 0.3) is 5.91 Å². The Labute approximate surface area is 175 Å². The smallest absolute Gasteiger partial charge is 0.253 e. The maximum atomic E-state index is 12.8. The fraction of sp³-hybridized carbons (Fsp3) is 0.708. The molecule has 0 radical (unpaired) electrons. The second-order valence-electron chi connectivity index (χ2n) is 9.70. The number of carbonyl (C=O) groups is 1. The third-order valence-corrected chi connectivity index (χ3v) is 7.44. The Balaban J connectivity index is 1.27. The number of ether oxygens (including phenoxy) is 1. The Morgan fingerprint density at radius 2 is 1.97 bits per heavy atom. The molecular formula is C24H36N2O3. The fourth-order valence-corrected chi connectivity index (χ4v) is 5.48. The van der Waals surface area contributed by atoms with Gasteiger partial charge in [0.15, 0.2) is 0 Å². The highest BCUT2D eigenvalue weighted by molar-refractivity contribution is 5.94. The molecule has 1 unspecified atom stereocenters. The van der Waals surface area contributed by atoms with Crippen molar-refractivity contribution in [1.82, 2.24) is 9.80 Å². The van der Waals surface area contributed by atoms with Crippen LogP contribution in [0, 0.1) is 12.3 Å². The molecule has 1 aromatic carbocycles. The lowest BCUT2D eigenvalue weighted by Gasteiger charge is -2.39. The largest absolute Gasteiger partial charge is 0.393 e. The predicted molar refractivity (Wildman–Crippen MR) is 114 cm³/mol. The van der Waals surface area contributed by atoms with Crippen LogP contribution in [0.5, 0.6) is 0 Å². The SMILES string of the molecule is Cc1cccc(C(=O)N2CCC3(CC2)COC(CN(C)C2CCC(O)CC2)C3)c1. The quantitative estimate of drug-likeness (QED) is 0.843. The van der Waals surface area contributed by atoms with Gasteiger partial charge in [-0.2, -0.15) is 0 Å². The molecular weight excluding hydrogens is 364 g/mol. The number of rotatable bonds is 4. The summed E-state index contributed by atoms with van der Waals surface area (Å²) in [6, 6.07) is 8.49. The summed E-state index contributed by atoms with van der Waals surface area (Å²) in [5.74, 6) is 0.165. The molecule has 4 rings (SSSR count). The number of aliphatic hydroxyl groups is 1. The van der Waals surface area contributed by atoms with Gasteiger partial charge in [0, 0.05) is 31.2 Å². The molecule has 1 atom stereocenters. The zero-order valence-electron chi connectivity index (χ0n) is 18.0. The van der Waals surface area contributed by atoms with E-state index in [0.717, 1.165) is 82.3 Å². The summed E-state index contributed by atoms with van der Waals surface area (Å²) < 4.78 is 6.23. The van der Waals surface area contributed by atoms with E-state index in [2.05, 4.69) is 11.9 Å². The van der Waals surface area contributed by atoms with E-state index in [9.17, 15) is 9.90 Å². The maximum Gasteiger partial charge on any atom is 0.253 e. The van der Waals surface area contributed by atoms with Crippen LogP contribution in [0.1, 0.15) is 60.9 Å². The molecule has 5 nitrogen and oxygen atoms in total. The van der Waals surface area contributed by atoms with E-state index in [1.54, 1.807) is 0 Å². The zero-order valence-corrected chi connectivity index (χ0v) is 18.0. The summed E-state index contributed by atoms with van der Waals surface area (Å²) in [7, 11) is 2.21. The zero-order chi connectivity index (χ0) is 20.4. The number of hydrogen-bond donors (Lipinski definition) is 1. The van der Waals surface area contributed by atoms with Crippen molar-refractivity contribution in [3.05, 3.63) is 35.4 Å². The molecule has 1 aliphatic carbocycles. The Morgan fingerprint density at radius 3 is 2.66 bits per heavy atom. The average Bonchev–Trinajstić information content (AvgIpc) is 3.10. The van der Waals surface area contributed by atoms with Gasteiger partial charge < -0.3 is 19.6 Å². The van der Waals surface area contributed by atoms with Crippen molar-refractivity contribution in [3.8, 4) is 0 Å². The highest BCUT2D eigenvalue weighted by Crippen LogP contribution is 2.42. The topological polar surface area (TPSA) is 53.0 Å². The lowest BCUT2D eigenvalue weighted by Crippen LogP contribution is -2.44. The molecule has 1 saturated carbocycles. The molecule has 29 heavy (non-hydrogen) atoms. The van der Waals surface area contributed by atoms with Gasteiger partial charge in [0.1, 0.15) is 0 Å². The second kappa shape index (κ2) is 8.75. The lowest BCUT2D eigenvalue weighted by molar-refractivity contribution is 0.0336. The standard InChI is InChI=1S/C24H36N2O3/c1-18-4-3-5-19(14-18)23(28)26-12-10-24(11-13-26)15-22(29-17-24)16-25(2)20-6-8-21(27)9-7-20/h3-5,14,20-22,27H,6-13,15-17H2,1-2H3. The van der Waals surface area contributed by atoms with Gasteiger partial charge in [-0.3, -0.25) is 4.79 Å². The molecule has 1 aromatic rings. The number of aryl methyl sites for hydroxylation is 1. The molecule has 160 valence electrons. The highest BCUT2D eigenvalue weighted by Gasteiger charge is 2.43. The van der Waals surface area contributed by atoms with Gasteiger partial charge in [-0.05, 0) is 76.5 Å². The minimum Gasteiger partial charge on any atom is -0.393 e. The number of amides is 1. The third-order valence-electron chi connectivity index (χ3n) is 7.44. The van der Waals surface area contributed by atoms with Crippen LogP contribution in [0.15, 0.2) is 24.3 Å². The van der Waals surface area contributed by atoms with Crippen molar-refractivity contribution in [2.45, 2.75) is 70.1 Å². The summed E-state index contributed by atoms with van der Waals surface area (Å²) in [6.07, 6.45) is 7.42. The van der Waals surface area contributed by atoms with Crippen LogP contribution in [0.4, 0.5) is 0 Å². The summed E-state index contributed by atoms with van der Waals surface area (Å²) in [5, 5.41) is 9.73. The number of hydrogen-bond acceptors (Lipinski definition) is 4. The first-order chi connectivity index (χ1) is 13.9. The van der Waals surface area contributed by atoms with E-state index in [0.29, 0.717) is 12.1 Å². The van der Waals surface area contributed by atoms with Crippen LogP contribution in [-0.2, 0) is 4.74 Å². The minimum absolute atomic E-state index is 0.0988. The Hall–Kier alpha value is -1.43. The summed E-state index contributed by atoms with van der Waals surface area (Å²) in [5.41, 5.74) is 2.19. The van der Waals surface area contributed by atoms with E-state index in [4.69, 9.17) is 4.74 Å². The summed E-state index contributed by atoms with van der Waals surface area (Å²) in [6.45, 7) is 5.51. The van der Waals surface area contributed by atoms with E-state index < -0.39 is 0 Å². The van der Waals surface area contributed by atoms with Crippen molar-refractivity contribution in [3.63, 3.8) is 0 Å². The number of nitrogens with zero attached hydrogens (tertiary/aromatic N) is 2. The first-order valence-corrected chi connectivity index (χ1v) is 11.3. The van der Waals surface area contributed by atoms with Crippen LogP contribution in [0.2, 0.25) is 0 Å². The molecule has 1 amide bonds. The summed E-state index contributed by atoms with van der Waals surface area (Å²) in [4.78, 5) is 17.3. The van der Waals surface area contributed by atoms with Gasteiger partial charge in [0.05, 0.1) is 18.8 Å². The monoisotopic (exact) mass is 400 g/mol. The first-order valence-electron chi connectivity index (χ1n) is 11.3. The van der Waals surface area contributed by atoms with E-state index in [1.165, 1.54) is 0 Å². The molecule has 1 spiro atoms. The third kappa shape index (κ3) is 4.84. The van der Waals surface area contributed by atoms with Crippen molar-refractivity contribution in [2.75, 3.05) is 33.3 Å². The van der Waals surface area contributed by atoms with E-state index >= 15 is 0 Å². The van der Waals surface area contributed by atoms with Crippen LogP contribution in [0.3, 0.4) is 0 Å². The first kappa shape index (κ1) is 20.8. The molecule has 1 N–H and O–H groups in total. The van der Waals surface area contributed by atoms with E-state index in [-0.39, 0.29) is 17.4 Å². The number of piperidine rings is 1. The number of carbonyl (C=O) groups excluding carboxylic acids is 1. The summed E-state index contributed by atoms with van der Waals surface area (Å²) >= 11 is 0. The minimum atomic E-state index is -0.0988. The molecule has 5 heteroatoms. The number of benzene rings is 1. The van der Waals surface area contributed by atoms with Crippen LogP contribution in [0.25, 0.3) is 0 Å². The van der Waals surface area contributed by atoms with Gasteiger partial charge in [0.2, 0.25) is 0 Å². The molecule has 0 aromatic heterocycles. The van der Waals surface area contributed by atoms with Crippen molar-refractivity contribution >= 4 is 5.91 Å². The second-order valence-corrected chi connectivity index (χ2v) is 9.70. The number of aliphatic hydroxyl groups excluding tert-OH is 1. The van der Waals surface area contributed by atoms with Gasteiger partial charge >= 0.3 is 0 Å². The van der Waals surface area contributed by atoms with Crippen LogP contribution < -0.4 is 0 Å². The molecule has 0 bridgehead atoms. The van der Waals surface area contributed by atoms with Gasteiger partial charge in [-0.1, -0.05) is 17.7 Å². The number of likely N-dealkylation sites (N-methyl/N-ethyl adjacent to an activating group) is 1. The molecule has 2 aliphatic heterocycles. The Morgan fingerprint density at radius 1 is 1.24 bits per heavy atom. The molecule has 2 heterocycles. The lowest BCUT2D eigenvalue weighted by atomic mass is 9.76. The van der Waals surface area contributed by atoms with Crippen molar-refractivity contribution in [1.29, 1.82) is 0 Å². The molecule has 2 saturated heterocycles. The van der Waals surface area contributed by atoms with Crippen molar-refractivity contribution in [2.24, 2.45) is 5.41 Å². The maximum absolute atomic E-state index is 12.8. The van der Waals surface area contributed by atoms with E-state index in [1.807, 2.05) is 36.1 Å². The van der Waals surface area contributed by atoms with Gasteiger partial charge in [-0.25, -0.2) is 0 Å². The van der Waals surface area contributed by atoms with Crippen molar-refractivity contribution < 1.29 is 14.6 Å². The highest BCUT2D eigenvalue weighted by atomic mass is 16.5.